The Hall–Kier alpha value is -2.82. The predicted molar refractivity (Wildman–Crippen MR) is 67.5 cm³/mol. The van der Waals surface area contributed by atoms with Crippen LogP contribution in [0, 0.1) is 0 Å². The summed E-state index contributed by atoms with van der Waals surface area (Å²) < 4.78 is 0. The summed E-state index contributed by atoms with van der Waals surface area (Å²) >= 11 is 0. The maximum atomic E-state index is 10.9. The van der Waals surface area contributed by atoms with Crippen molar-refractivity contribution in [1.82, 2.24) is 0 Å². The van der Waals surface area contributed by atoms with Gasteiger partial charge in [0.25, 0.3) is 0 Å². The summed E-state index contributed by atoms with van der Waals surface area (Å²) in [5, 5.41) is 27.3. The summed E-state index contributed by atoms with van der Waals surface area (Å²) in [6, 6.07) is 10.2. The molecule has 3 N–H and O–H groups in total. The van der Waals surface area contributed by atoms with Crippen molar-refractivity contribution in [2.45, 2.75) is 0 Å². The van der Waals surface area contributed by atoms with Crippen molar-refractivity contribution in [2.24, 2.45) is 0 Å². The van der Waals surface area contributed by atoms with Crippen LogP contribution in [0.1, 0.15) is 20.7 Å². The van der Waals surface area contributed by atoms with Crippen LogP contribution in [0.5, 0.6) is 5.75 Å². The van der Waals surface area contributed by atoms with E-state index in [1.54, 1.807) is 12.1 Å². The molecule has 0 aliphatic carbocycles. The van der Waals surface area contributed by atoms with Crippen LogP contribution in [-0.2, 0) is 0 Å². The molecular weight excluding hydrogens is 248 g/mol. The van der Waals surface area contributed by atoms with E-state index in [0.29, 0.717) is 11.1 Å². The SMILES string of the molecule is O=C(O)c1cccc(-c2ccc(O)c(C(=O)O)c2)c1. The lowest BCUT2D eigenvalue weighted by atomic mass is 10.0. The molecule has 0 unspecified atom stereocenters. The normalized spacial score (nSPS) is 10.1. The minimum Gasteiger partial charge on any atom is -0.507 e. The van der Waals surface area contributed by atoms with Gasteiger partial charge in [-0.3, -0.25) is 0 Å². The Balaban J connectivity index is 2.53. The van der Waals surface area contributed by atoms with E-state index < -0.39 is 11.9 Å². The summed E-state index contributed by atoms with van der Waals surface area (Å²) in [7, 11) is 0. The quantitative estimate of drug-likeness (QED) is 0.786. The Bertz CT molecular complexity index is 661. The van der Waals surface area contributed by atoms with E-state index in [-0.39, 0.29) is 16.9 Å². The molecule has 0 saturated carbocycles. The maximum Gasteiger partial charge on any atom is 0.339 e. The van der Waals surface area contributed by atoms with Gasteiger partial charge in [-0.05, 0) is 35.4 Å². The molecule has 2 aromatic rings. The monoisotopic (exact) mass is 258 g/mol. The standard InChI is InChI=1S/C14H10O5/c15-12-5-4-9(7-11(12)14(18)19)8-2-1-3-10(6-8)13(16)17/h1-7,15H,(H,16,17)(H,18,19). The summed E-state index contributed by atoms with van der Waals surface area (Å²) in [4.78, 5) is 21.8. The molecule has 2 aromatic carbocycles. The zero-order chi connectivity index (χ0) is 14.0. The lowest BCUT2D eigenvalue weighted by Gasteiger charge is -2.06. The van der Waals surface area contributed by atoms with Crippen molar-refractivity contribution in [3.63, 3.8) is 0 Å². The van der Waals surface area contributed by atoms with Crippen LogP contribution >= 0.6 is 0 Å². The highest BCUT2D eigenvalue weighted by atomic mass is 16.4. The number of hydrogen-bond donors (Lipinski definition) is 3. The van der Waals surface area contributed by atoms with Crippen LogP contribution in [0.2, 0.25) is 0 Å². The van der Waals surface area contributed by atoms with Crippen LogP contribution in [0.3, 0.4) is 0 Å². The first kappa shape index (κ1) is 12.6. The zero-order valence-corrected chi connectivity index (χ0v) is 9.70. The van der Waals surface area contributed by atoms with Gasteiger partial charge < -0.3 is 15.3 Å². The predicted octanol–water partition coefficient (Wildman–Crippen LogP) is 2.46. The van der Waals surface area contributed by atoms with Gasteiger partial charge in [0.2, 0.25) is 0 Å². The van der Waals surface area contributed by atoms with E-state index in [4.69, 9.17) is 10.2 Å². The molecule has 0 aromatic heterocycles. The Morgan fingerprint density at radius 1 is 0.842 bits per heavy atom. The molecule has 0 aliphatic heterocycles. The molecule has 19 heavy (non-hydrogen) atoms. The van der Waals surface area contributed by atoms with E-state index in [0.717, 1.165) is 0 Å². The molecule has 5 heteroatoms. The maximum absolute atomic E-state index is 10.9. The van der Waals surface area contributed by atoms with E-state index in [9.17, 15) is 14.7 Å². The van der Waals surface area contributed by atoms with Gasteiger partial charge in [0.05, 0.1) is 5.56 Å². The summed E-state index contributed by atoms with van der Waals surface area (Å²) in [6.07, 6.45) is 0. The molecule has 0 bridgehead atoms. The summed E-state index contributed by atoms with van der Waals surface area (Å²) in [5.74, 6) is -2.63. The van der Waals surface area contributed by atoms with Gasteiger partial charge >= 0.3 is 11.9 Å². The van der Waals surface area contributed by atoms with Crippen LogP contribution in [0.15, 0.2) is 42.5 Å². The fourth-order valence-corrected chi connectivity index (χ4v) is 1.72. The van der Waals surface area contributed by atoms with Crippen LogP contribution in [-0.4, -0.2) is 27.3 Å². The number of carbonyl (C=O) groups is 2. The molecule has 0 saturated heterocycles. The Morgan fingerprint density at radius 3 is 2.16 bits per heavy atom. The van der Waals surface area contributed by atoms with Gasteiger partial charge in [0.1, 0.15) is 11.3 Å². The summed E-state index contributed by atoms with van der Waals surface area (Å²) in [5.41, 5.74) is 0.987. The molecule has 0 amide bonds. The van der Waals surface area contributed by atoms with Gasteiger partial charge in [0, 0.05) is 0 Å². The van der Waals surface area contributed by atoms with E-state index in [1.165, 1.54) is 30.3 Å². The third-order valence-electron chi connectivity index (χ3n) is 2.67. The Labute approximate surface area is 108 Å². The second kappa shape index (κ2) is 4.81. The second-order valence-electron chi connectivity index (χ2n) is 3.92. The molecule has 0 spiro atoms. The highest BCUT2D eigenvalue weighted by Gasteiger charge is 2.12. The molecule has 0 radical (unpaired) electrons. The molecule has 0 aliphatic rings. The molecule has 0 atom stereocenters. The van der Waals surface area contributed by atoms with E-state index >= 15 is 0 Å². The lowest BCUT2D eigenvalue weighted by molar-refractivity contribution is 0.0684. The van der Waals surface area contributed by atoms with Crippen LogP contribution in [0.25, 0.3) is 11.1 Å². The highest BCUT2D eigenvalue weighted by molar-refractivity contribution is 5.93. The highest BCUT2D eigenvalue weighted by Crippen LogP contribution is 2.26. The molecule has 96 valence electrons. The Morgan fingerprint density at radius 2 is 1.53 bits per heavy atom. The van der Waals surface area contributed by atoms with E-state index in [2.05, 4.69) is 0 Å². The van der Waals surface area contributed by atoms with Crippen molar-refractivity contribution in [3.8, 4) is 16.9 Å². The fourth-order valence-electron chi connectivity index (χ4n) is 1.72. The number of aromatic carboxylic acids is 2. The van der Waals surface area contributed by atoms with Crippen molar-refractivity contribution in [1.29, 1.82) is 0 Å². The zero-order valence-electron chi connectivity index (χ0n) is 9.70. The molecule has 2 rings (SSSR count). The number of carboxylic acid groups (broad SMARTS) is 2. The average molecular weight is 258 g/mol. The van der Waals surface area contributed by atoms with E-state index in [1.807, 2.05) is 0 Å². The van der Waals surface area contributed by atoms with Gasteiger partial charge in [-0.2, -0.15) is 0 Å². The minimum absolute atomic E-state index is 0.113. The van der Waals surface area contributed by atoms with Crippen molar-refractivity contribution in [3.05, 3.63) is 53.6 Å². The number of benzene rings is 2. The third kappa shape index (κ3) is 2.55. The third-order valence-corrected chi connectivity index (χ3v) is 2.67. The molecule has 5 nitrogen and oxygen atoms in total. The number of phenols is 1. The van der Waals surface area contributed by atoms with Gasteiger partial charge in [-0.25, -0.2) is 9.59 Å². The van der Waals surface area contributed by atoms with Crippen molar-refractivity contribution >= 4 is 11.9 Å². The van der Waals surface area contributed by atoms with Gasteiger partial charge in [0.15, 0.2) is 0 Å². The minimum atomic E-state index is -1.24. The first-order chi connectivity index (χ1) is 8.99. The second-order valence-corrected chi connectivity index (χ2v) is 3.92. The number of rotatable bonds is 3. The molecular formula is C14H10O5. The smallest absolute Gasteiger partial charge is 0.339 e. The fraction of sp³-hybridized carbons (Fsp3) is 0. The number of aromatic hydroxyl groups is 1. The Kier molecular flexibility index (Phi) is 3.20. The van der Waals surface area contributed by atoms with Crippen molar-refractivity contribution < 1.29 is 24.9 Å². The first-order valence-corrected chi connectivity index (χ1v) is 5.39. The van der Waals surface area contributed by atoms with Gasteiger partial charge in [-0.1, -0.05) is 18.2 Å². The van der Waals surface area contributed by atoms with Gasteiger partial charge in [-0.15, -0.1) is 0 Å². The first-order valence-electron chi connectivity index (χ1n) is 5.39. The van der Waals surface area contributed by atoms with Crippen molar-refractivity contribution in [2.75, 3.05) is 0 Å². The largest absolute Gasteiger partial charge is 0.507 e. The number of carboxylic acids is 2. The molecule has 0 fully saturated rings. The summed E-state index contributed by atoms with van der Waals surface area (Å²) in [6.45, 7) is 0. The van der Waals surface area contributed by atoms with Crippen LogP contribution in [0.4, 0.5) is 0 Å². The van der Waals surface area contributed by atoms with Crippen LogP contribution < -0.4 is 0 Å². The lowest BCUT2D eigenvalue weighted by Crippen LogP contribution is -1.98. The topological polar surface area (TPSA) is 94.8 Å². The molecule has 0 heterocycles. The number of hydrogen-bond acceptors (Lipinski definition) is 3. The average Bonchev–Trinajstić information content (AvgIpc) is 2.39.